The van der Waals surface area contributed by atoms with Crippen molar-refractivity contribution in [2.75, 3.05) is 30.3 Å². The van der Waals surface area contributed by atoms with E-state index in [4.69, 9.17) is 17.3 Å². The van der Waals surface area contributed by atoms with Crippen LogP contribution in [-0.4, -0.2) is 24.5 Å². The topological polar surface area (TPSA) is 32.5 Å². The van der Waals surface area contributed by atoms with Crippen molar-refractivity contribution < 1.29 is 0 Å². The highest BCUT2D eigenvalue weighted by molar-refractivity contribution is 6.30. The molecule has 4 heteroatoms. The predicted molar refractivity (Wildman–Crippen MR) is 119 cm³/mol. The summed E-state index contributed by atoms with van der Waals surface area (Å²) in [6, 6.07) is 25.5. The molecule has 0 aliphatic carbocycles. The number of rotatable bonds is 4. The van der Waals surface area contributed by atoms with Crippen molar-refractivity contribution in [3.8, 4) is 0 Å². The average Bonchev–Trinajstić information content (AvgIpc) is 2.70. The lowest BCUT2D eigenvalue weighted by Gasteiger charge is -2.43. The maximum atomic E-state index is 6.40. The zero-order valence-corrected chi connectivity index (χ0v) is 16.9. The first kappa shape index (κ1) is 18.9. The molecule has 1 fully saturated rings. The Bertz CT molecular complexity index is 924. The van der Waals surface area contributed by atoms with Gasteiger partial charge in [-0.3, -0.25) is 4.90 Å². The fraction of sp³-hybridized carbons (Fsp3) is 0.250. The molecule has 28 heavy (non-hydrogen) atoms. The van der Waals surface area contributed by atoms with Crippen LogP contribution in [-0.2, 0) is 6.54 Å². The molecule has 1 atom stereocenters. The van der Waals surface area contributed by atoms with Gasteiger partial charge >= 0.3 is 0 Å². The van der Waals surface area contributed by atoms with E-state index in [0.717, 1.165) is 42.6 Å². The lowest BCUT2D eigenvalue weighted by molar-refractivity contribution is 0.215. The minimum absolute atomic E-state index is 0.236. The van der Waals surface area contributed by atoms with Crippen molar-refractivity contribution >= 4 is 23.0 Å². The summed E-state index contributed by atoms with van der Waals surface area (Å²) in [7, 11) is 0. The highest BCUT2D eigenvalue weighted by Crippen LogP contribution is 2.35. The Morgan fingerprint density at radius 2 is 1.71 bits per heavy atom. The molecule has 144 valence electrons. The first-order chi connectivity index (χ1) is 13.6. The highest BCUT2D eigenvalue weighted by atomic mass is 35.5. The Morgan fingerprint density at radius 3 is 2.43 bits per heavy atom. The molecule has 1 aliphatic rings. The Balaban J connectivity index is 1.63. The second-order valence-electron chi connectivity index (χ2n) is 7.54. The minimum atomic E-state index is 0.236. The quantitative estimate of drug-likeness (QED) is 0.613. The van der Waals surface area contributed by atoms with Gasteiger partial charge in [-0.2, -0.15) is 0 Å². The second kappa shape index (κ2) is 8.26. The summed E-state index contributed by atoms with van der Waals surface area (Å²) < 4.78 is 0. The van der Waals surface area contributed by atoms with E-state index in [9.17, 15) is 0 Å². The number of halogens is 1. The summed E-state index contributed by atoms with van der Waals surface area (Å²) >= 11 is 6.14. The third-order valence-corrected chi connectivity index (χ3v) is 5.71. The molecule has 3 aromatic carbocycles. The molecule has 1 saturated heterocycles. The largest absolute Gasteiger partial charge is 0.397 e. The minimum Gasteiger partial charge on any atom is -0.397 e. The van der Waals surface area contributed by atoms with Crippen LogP contribution < -0.4 is 10.6 Å². The van der Waals surface area contributed by atoms with Crippen molar-refractivity contribution in [3.05, 3.63) is 94.5 Å². The summed E-state index contributed by atoms with van der Waals surface area (Å²) in [5.74, 6) is 0. The maximum absolute atomic E-state index is 6.40. The molecule has 0 saturated carbocycles. The van der Waals surface area contributed by atoms with E-state index in [1.54, 1.807) is 0 Å². The molecular weight excluding hydrogens is 366 g/mol. The van der Waals surface area contributed by atoms with Crippen molar-refractivity contribution in [2.45, 2.75) is 19.5 Å². The van der Waals surface area contributed by atoms with Gasteiger partial charge in [0.1, 0.15) is 0 Å². The van der Waals surface area contributed by atoms with Crippen LogP contribution in [0.5, 0.6) is 0 Å². The van der Waals surface area contributed by atoms with Gasteiger partial charge in [0.2, 0.25) is 0 Å². The average molecular weight is 392 g/mol. The predicted octanol–water partition coefficient (Wildman–Crippen LogP) is 5.29. The number of hydrogen-bond acceptors (Lipinski definition) is 3. The van der Waals surface area contributed by atoms with Crippen LogP contribution in [0.25, 0.3) is 0 Å². The van der Waals surface area contributed by atoms with Crippen LogP contribution in [0, 0.1) is 6.92 Å². The highest BCUT2D eigenvalue weighted by Gasteiger charge is 2.29. The fourth-order valence-electron chi connectivity index (χ4n) is 4.02. The summed E-state index contributed by atoms with van der Waals surface area (Å²) in [6.07, 6.45) is 0. The van der Waals surface area contributed by atoms with Gasteiger partial charge in [0, 0.05) is 31.2 Å². The summed E-state index contributed by atoms with van der Waals surface area (Å²) in [5, 5.41) is 0.766. The Kier molecular flexibility index (Phi) is 5.56. The number of piperazine rings is 1. The molecule has 0 amide bonds. The molecule has 1 unspecified atom stereocenters. The van der Waals surface area contributed by atoms with Gasteiger partial charge in [-0.15, -0.1) is 0 Å². The van der Waals surface area contributed by atoms with E-state index < -0.39 is 0 Å². The summed E-state index contributed by atoms with van der Waals surface area (Å²) in [5.41, 5.74) is 12.2. The zero-order valence-electron chi connectivity index (χ0n) is 16.2. The van der Waals surface area contributed by atoms with Crippen LogP contribution in [0.4, 0.5) is 11.4 Å². The molecule has 2 N–H and O–H groups in total. The first-order valence-electron chi connectivity index (χ1n) is 9.74. The van der Waals surface area contributed by atoms with E-state index in [2.05, 4.69) is 77.4 Å². The van der Waals surface area contributed by atoms with E-state index in [-0.39, 0.29) is 6.04 Å². The van der Waals surface area contributed by atoms with Gasteiger partial charge in [0.05, 0.1) is 17.4 Å². The van der Waals surface area contributed by atoms with Crippen molar-refractivity contribution in [1.29, 1.82) is 0 Å². The van der Waals surface area contributed by atoms with E-state index in [1.165, 1.54) is 16.7 Å². The molecule has 0 bridgehead atoms. The van der Waals surface area contributed by atoms with Gasteiger partial charge in [0.15, 0.2) is 0 Å². The molecule has 0 aromatic heterocycles. The van der Waals surface area contributed by atoms with Crippen LogP contribution in [0.1, 0.15) is 22.7 Å². The van der Waals surface area contributed by atoms with Gasteiger partial charge in [0.25, 0.3) is 0 Å². The molecule has 4 rings (SSSR count). The van der Waals surface area contributed by atoms with Gasteiger partial charge in [-0.05, 0) is 47.9 Å². The molecule has 1 aliphatic heterocycles. The molecule has 0 radical (unpaired) electrons. The fourth-order valence-corrected chi connectivity index (χ4v) is 4.14. The number of anilines is 2. The van der Waals surface area contributed by atoms with Gasteiger partial charge in [-0.25, -0.2) is 0 Å². The van der Waals surface area contributed by atoms with Gasteiger partial charge in [-0.1, -0.05) is 60.1 Å². The molecule has 0 spiro atoms. The molecule has 1 heterocycles. The maximum Gasteiger partial charge on any atom is 0.0670 e. The molecular formula is C24H26ClN3. The Labute approximate surface area is 172 Å². The first-order valence-corrected chi connectivity index (χ1v) is 10.1. The molecule has 3 nitrogen and oxygen atoms in total. The number of nitrogens with two attached hydrogens (primary N) is 1. The normalized spacial score (nSPS) is 17.6. The third-order valence-electron chi connectivity index (χ3n) is 5.46. The van der Waals surface area contributed by atoms with Crippen LogP contribution in [0.2, 0.25) is 5.02 Å². The van der Waals surface area contributed by atoms with Crippen LogP contribution >= 0.6 is 11.6 Å². The smallest absolute Gasteiger partial charge is 0.0670 e. The van der Waals surface area contributed by atoms with E-state index in [1.807, 2.05) is 12.1 Å². The van der Waals surface area contributed by atoms with Crippen molar-refractivity contribution in [1.82, 2.24) is 4.90 Å². The lowest BCUT2D eigenvalue weighted by Crippen LogP contribution is -2.48. The van der Waals surface area contributed by atoms with E-state index in [0.29, 0.717) is 0 Å². The number of benzene rings is 3. The Hall–Kier alpha value is -2.49. The Morgan fingerprint density at radius 1 is 0.964 bits per heavy atom. The zero-order chi connectivity index (χ0) is 19.5. The number of hydrogen-bond donors (Lipinski definition) is 1. The number of nitrogens with zero attached hydrogens (tertiary/aromatic N) is 2. The summed E-state index contributed by atoms with van der Waals surface area (Å²) in [4.78, 5) is 4.97. The lowest BCUT2D eigenvalue weighted by atomic mass is 10.00. The number of aryl methyl sites for hydroxylation is 1. The standard InChI is InChI=1S/C24H26ClN3/c1-18-7-12-23(22(26)15-18)28-14-13-27(16-19-5-3-2-4-6-19)17-24(28)20-8-10-21(25)11-9-20/h2-12,15,24H,13-14,16-17,26H2,1H3. The van der Waals surface area contributed by atoms with Gasteiger partial charge < -0.3 is 10.6 Å². The van der Waals surface area contributed by atoms with Crippen LogP contribution in [0.15, 0.2) is 72.8 Å². The third kappa shape index (κ3) is 4.16. The van der Waals surface area contributed by atoms with E-state index >= 15 is 0 Å². The SMILES string of the molecule is Cc1ccc(N2CCN(Cc3ccccc3)CC2c2ccc(Cl)cc2)c(N)c1. The molecule has 3 aromatic rings. The second-order valence-corrected chi connectivity index (χ2v) is 7.98. The van der Waals surface area contributed by atoms with Crippen LogP contribution in [0.3, 0.4) is 0 Å². The van der Waals surface area contributed by atoms with Crippen molar-refractivity contribution in [2.24, 2.45) is 0 Å². The number of nitrogen functional groups attached to an aromatic ring is 1. The monoisotopic (exact) mass is 391 g/mol. The van der Waals surface area contributed by atoms with Crippen molar-refractivity contribution in [3.63, 3.8) is 0 Å². The summed E-state index contributed by atoms with van der Waals surface area (Å²) in [6.45, 7) is 5.93.